The molecule has 0 heterocycles. The molecular formula is C12H20O2. The van der Waals surface area contributed by atoms with Gasteiger partial charge in [0.1, 0.15) is 0 Å². The molecule has 2 nitrogen and oxygen atoms in total. The third-order valence-corrected chi connectivity index (χ3v) is 5.34. The number of aliphatic hydroxyl groups excluding tert-OH is 2. The molecule has 0 amide bonds. The molecule has 3 saturated carbocycles. The highest BCUT2D eigenvalue weighted by Gasteiger charge is 2.64. The summed E-state index contributed by atoms with van der Waals surface area (Å²) in [5.74, 6) is 0. The summed E-state index contributed by atoms with van der Waals surface area (Å²) in [5, 5.41) is 20.0. The molecule has 2 heteroatoms. The molecular weight excluding hydrogens is 176 g/mol. The van der Waals surface area contributed by atoms with E-state index in [4.69, 9.17) is 0 Å². The van der Waals surface area contributed by atoms with Gasteiger partial charge in [-0.25, -0.2) is 0 Å². The average Bonchev–Trinajstić information content (AvgIpc) is 2.60. The molecule has 0 aromatic heterocycles. The van der Waals surface area contributed by atoms with E-state index in [0.717, 1.165) is 32.1 Å². The number of hydrogen-bond donors (Lipinski definition) is 2. The van der Waals surface area contributed by atoms with E-state index in [9.17, 15) is 10.2 Å². The minimum absolute atomic E-state index is 0.116. The molecule has 2 unspecified atom stereocenters. The lowest BCUT2D eigenvalue weighted by molar-refractivity contribution is -0.0372. The van der Waals surface area contributed by atoms with Gasteiger partial charge in [-0.1, -0.05) is 12.8 Å². The summed E-state index contributed by atoms with van der Waals surface area (Å²) in [4.78, 5) is 0. The molecule has 0 aromatic rings. The van der Waals surface area contributed by atoms with E-state index in [0.29, 0.717) is 5.41 Å². The van der Waals surface area contributed by atoms with E-state index in [1.54, 1.807) is 0 Å². The van der Waals surface area contributed by atoms with E-state index in [-0.39, 0.29) is 17.6 Å². The zero-order chi connectivity index (χ0) is 9.81. The molecule has 14 heavy (non-hydrogen) atoms. The third kappa shape index (κ3) is 0.892. The summed E-state index contributed by atoms with van der Waals surface area (Å²) >= 11 is 0. The van der Waals surface area contributed by atoms with Crippen molar-refractivity contribution < 1.29 is 10.2 Å². The fraction of sp³-hybridized carbons (Fsp3) is 1.00. The van der Waals surface area contributed by atoms with Crippen LogP contribution in [0, 0.1) is 10.8 Å². The molecule has 4 atom stereocenters. The lowest BCUT2D eigenvalue weighted by atomic mass is 9.59. The largest absolute Gasteiger partial charge is 0.393 e. The lowest BCUT2D eigenvalue weighted by Gasteiger charge is -2.46. The predicted octanol–water partition coefficient (Wildman–Crippen LogP) is 1.84. The summed E-state index contributed by atoms with van der Waals surface area (Å²) in [6.45, 7) is 0. The fourth-order valence-electron chi connectivity index (χ4n) is 4.81. The van der Waals surface area contributed by atoms with Crippen LogP contribution in [0.5, 0.6) is 0 Å². The van der Waals surface area contributed by atoms with Gasteiger partial charge in [-0.2, -0.15) is 0 Å². The molecule has 0 aliphatic heterocycles. The zero-order valence-corrected chi connectivity index (χ0v) is 8.71. The fourth-order valence-corrected chi connectivity index (χ4v) is 4.81. The second-order valence-electron chi connectivity index (χ2n) is 5.76. The van der Waals surface area contributed by atoms with Gasteiger partial charge in [0.05, 0.1) is 12.2 Å². The Labute approximate surface area is 85.3 Å². The lowest BCUT2D eigenvalue weighted by Crippen LogP contribution is -2.42. The summed E-state index contributed by atoms with van der Waals surface area (Å²) in [6.07, 6.45) is 8.68. The van der Waals surface area contributed by atoms with Gasteiger partial charge >= 0.3 is 0 Å². The molecule has 0 aromatic carbocycles. The van der Waals surface area contributed by atoms with Gasteiger partial charge in [0.25, 0.3) is 0 Å². The summed E-state index contributed by atoms with van der Waals surface area (Å²) in [7, 11) is 0. The van der Waals surface area contributed by atoms with Crippen LogP contribution in [0.4, 0.5) is 0 Å². The van der Waals surface area contributed by atoms with Crippen LogP contribution in [0.1, 0.15) is 51.4 Å². The van der Waals surface area contributed by atoms with Crippen LogP contribution in [-0.2, 0) is 0 Å². The van der Waals surface area contributed by atoms with Gasteiger partial charge in [-0.3, -0.25) is 0 Å². The maximum atomic E-state index is 10.2. The van der Waals surface area contributed by atoms with Crippen LogP contribution < -0.4 is 0 Å². The normalized spacial score (nSPS) is 57.0. The second kappa shape index (κ2) is 2.73. The first-order valence-electron chi connectivity index (χ1n) is 6.05. The van der Waals surface area contributed by atoms with Crippen molar-refractivity contribution >= 4 is 0 Å². The smallest absolute Gasteiger partial charge is 0.0602 e. The van der Waals surface area contributed by atoms with Crippen molar-refractivity contribution in [1.29, 1.82) is 0 Å². The molecule has 3 fully saturated rings. The van der Waals surface area contributed by atoms with Gasteiger partial charge in [0, 0.05) is 5.41 Å². The van der Waals surface area contributed by atoms with Gasteiger partial charge in [0.2, 0.25) is 0 Å². The topological polar surface area (TPSA) is 40.5 Å². The maximum Gasteiger partial charge on any atom is 0.0602 e. The summed E-state index contributed by atoms with van der Waals surface area (Å²) in [5.41, 5.74) is 0.439. The van der Waals surface area contributed by atoms with Crippen molar-refractivity contribution in [1.82, 2.24) is 0 Å². The van der Waals surface area contributed by atoms with Crippen molar-refractivity contribution in [2.24, 2.45) is 10.8 Å². The molecule has 80 valence electrons. The maximum absolute atomic E-state index is 10.2. The van der Waals surface area contributed by atoms with Crippen molar-refractivity contribution in [2.45, 2.75) is 63.6 Å². The number of hydrogen-bond acceptors (Lipinski definition) is 2. The molecule has 0 bridgehead atoms. The minimum atomic E-state index is -0.136. The molecule has 0 spiro atoms. The Hall–Kier alpha value is -0.0800. The summed E-state index contributed by atoms with van der Waals surface area (Å²) in [6, 6.07) is 0. The highest BCUT2D eigenvalue weighted by molar-refractivity contribution is 5.14. The highest BCUT2D eigenvalue weighted by atomic mass is 16.3. The van der Waals surface area contributed by atoms with Crippen molar-refractivity contribution in [3.05, 3.63) is 0 Å². The van der Waals surface area contributed by atoms with Gasteiger partial charge in [-0.15, -0.1) is 0 Å². The monoisotopic (exact) mass is 196 g/mol. The number of aliphatic hydroxyl groups is 2. The van der Waals surface area contributed by atoms with Crippen LogP contribution in [0.25, 0.3) is 0 Å². The molecule has 2 N–H and O–H groups in total. The minimum Gasteiger partial charge on any atom is -0.393 e. The van der Waals surface area contributed by atoms with Crippen molar-refractivity contribution in [2.75, 3.05) is 0 Å². The molecule has 0 saturated heterocycles. The SMILES string of the molecule is O[C@@H]1CC23CCCCC2(C1)[C@@H](O)CC3. The van der Waals surface area contributed by atoms with Crippen molar-refractivity contribution in [3.8, 4) is 0 Å². The standard InChI is InChI=1S/C12H20O2/c13-9-7-11-4-1-2-5-12(11,8-9)10(14)3-6-11/h9-10,13-14H,1-8H2/t9-,10+,11?,12?/m1/s1. The zero-order valence-electron chi connectivity index (χ0n) is 8.71. The van der Waals surface area contributed by atoms with Crippen LogP contribution in [0.2, 0.25) is 0 Å². The van der Waals surface area contributed by atoms with Gasteiger partial charge in [0.15, 0.2) is 0 Å². The molecule has 3 aliphatic carbocycles. The summed E-state index contributed by atoms with van der Waals surface area (Å²) < 4.78 is 0. The molecule has 3 aliphatic rings. The van der Waals surface area contributed by atoms with Crippen LogP contribution in [0.15, 0.2) is 0 Å². The molecule has 3 rings (SSSR count). The third-order valence-electron chi connectivity index (χ3n) is 5.34. The first-order valence-corrected chi connectivity index (χ1v) is 6.05. The Morgan fingerprint density at radius 3 is 2.50 bits per heavy atom. The van der Waals surface area contributed by atoms with Crippen LogP contribution >= 0.6 is 0 Å². The average molecular weight is 196 g/mol. The Bertz CT molecular complexity index is 249. The van der Waals surface area contributed by atoms with Gasteiger partial charge < -0.3 is 10.2 Å². The van der Waals surface area contributed by atoms with Crippen molar-refractivity contribution in [3.63, 3.8) is 0 Å². The van der Waals surface area contributed by atoms with E-state index in [2.05, 4.69) is 0 Å². The Morgan fingerprint density at radius 1 is 0.929 bits per heavy atom. The van der Waals surface area contributed by atoms with E-state index in [1.807, 2.05) is 0 Å². The van der Waals surface area contributed by atoms with Gasteiger partial charge in [-0.05, 0) is 43.9 Å². The predicted molar refractivity (Wildman–Crippen MR) is 53.8 cm³/mol. The Morgan fingerprint density at radius 2 is 1.71 bits per heavy atom. The highest BCUT2D eigenvalue weighted by Crippen LogP contribution is 2.68. The second-order valence-corrected chi connectivity index (χ2v) is 5.76. The Kier molecular flexibility index (Phi) is 1.79. The quantitative estimate of drug-likeness (QED) is 0.620. The molecule has 0 radical (unpaired) electrons. The van der Waals surface area contributed by atoms with E-state index >= 15 is 0 Å². The number of rotatable bonds is 0. The van der Waals surface area contributed by atoms with Crippen LogP contribution in [0.3, 0.4) is 0 Å². The first-order chi connectivity index (χ1) is 6.69. The van der Waals surface area contributed by atoms with Crippen LogP contribution in [-0.4, -0.2) is 22.4 Å². The van der Waals surface area contributed by atoms with E-state index < -0.39 is 0 Å². The first kappa shape index (κ1) is 9.17. The Balaban J connectivity index is 2.02. The van der Waals surface area contributed by atoms with E-state index in [1.165, 1.54) is 19.3 Å².